The molecule has 1 saturated carbocycles. The van der Waals surface area contributed by atoms with Crippen LogP contribution in [0.4, 0.5) is 0 Å². The lowest BCUT2D eigenvalue weighted by atomic mass is 9.73. The van der Waals surface area contributed by atoms with Crippen LogP contribution in [0.3, 0.4) is 0 Å². The SMILES string of the molecule is NCC1(N2CCCCCC2)CCC(c2ccccc2)CC1. The average Bonchev–Trinajstić information content (AvgIpc) is 2.85. The van der Waals surface area contributed by atoms with Gasteiger partial charge in [0.15, 0.2) is 0 Å². The molecule has 0 bridgehead atoms. The van der Waals surface area contributed by atoms with Crippen molar-refractivity contribution in [2.24, 2.45) is 5.73 Å². The number of hydrogen-bond acceptors (Lipinski definition) is 2. The molecule has 1 aromatic rings. The summed E-state index contributed by atoms with van der Waals surface area (Å²) in [5, 5.41) is 0. The Morgan fingerprint density at radius 2 is 1.57 bits per heavy atom. The molecule has 1 heterocycles. The van der Waals surface area contributed by atoms with Crippen LogP contribution in [0.5, 0.6) is 0 Å². The Kier molecular flexibility index (Phi) is 4.97. The molecule has 21 heavy (non-hydrogen) atoms. The van der Waals surface area contributed by atoms with E-state index in [0.717, 1.165) is 12.5 Å². The highest BCUT2D eigenvalue weighted by atomic mass is 15.2. The molecule has 1 aliphatic heterocycles. The van der Waals surface area contributed by atoms with Gasteiger partial charge in [0.25, 0.3) is 0 Å². The first kappa shape index (κ1) is 15.1. The average molecular weight is 286 g/mol. The maximum Gasteiger partial charge on any atom is 0.0332 e. The van der Waals surface area contributed by atoms with Crippen molar-refractivity contribution < 1.29 is 0 Å². The Hall–Kier alpha value is -0.860. The Balaban J connectivity index is 1.66. The molecule has 0 radical (unpaired) electrons. The summed E-state index contributed by atoms with van der Waals surface area (Å²) >= 11 is 0. The van der Waals surface area contributed by atoms with E-state index in [9.17, 15) is 0 Å². The van der Waals surface area contributed by atoms with Crippen LogP contribution in [0.2, 0.25) is 0 Å². The maximum atomic E-state index is 6.26. The van der Waals surface area contributed by atoms with Gasteiger partial charge in [-0.3, -0.25) is 4.90 Å². The third-order valence-electron chi connectivity index (χ3n) is 5.84. The number of likely N-dealkylation sites (tertiary alicyclic amines) is 1. The molecule has 1 aromatic carbocycles. The molecule has 2 fully saturated rings. The first-order valence-electron chi connectivity index (χ1n) is 8.84. The lowest BCUT2D eigenvalue weighted by Gasteiger charge is -2.47. The van der Waals surface area contributed by atoms with Gasteiger partial charge in [-0.1, -0.05) is 43.2 Å². The zero-order valence-corrected chi connectivity index (χ0v) is 13.3. The smallest absolute Gasteiger partial charge is 0.0332 e. The fraction of sp³-hybridized carbons (Fsp3) is 0.684. The highest BCUT2D eigenvalue weighted by molar-refractivity contribution is 5.20. The summed E-state index contributed by atoms with van der Waals surface area (Å²) in [5.41, 5.74) is 8.09. The normalized spacial score (nSPS) is 31.8. The van der Waals surface area contributed by atoms with E-state index in [4.69, 9.17) is 5.73 Å². The molecule has 3 rings (SSSR count). The Morgan fingerprint density at radius 3 is 2.14 bits per heavy atom. The second-order valence-corrected chi connectivity index (χ2v) is 7.01. The van der Waals surface area contributed by atoms with E-state index in [1.165, 1.54) is 70.0 Å². The predicted octanol–water partition coefficient (Wildman–Crippen LogP) is 3.92. The topological polar surface area (TPSA) is 29.3 Å². The number of nitrogens with two attached hydrogens (primary N) is 1. The van der Waals surface area contributed by atoms with Crippen molar-refractivity contribution in [2.45, 2.75) is 62.8 Å². The zero-order valence-electron chi connectivity index (χ0n) is 13.3. The monoisotopic (exact) mass is 286 g/mol. The van der Waals surface area contributed by atoms with Gasteiger partial charge in [-0.15, -0.1) is 0 Å². The van der Waals surface area contributed by atoms with Crippen LogP contribution < -0.4 is 5.73 Å². The van der Waals surface area contributed by atoms with Gasteiger partial charge in [-0.25, -0.2) is 0 Å². The van der Waals surface area contributed by atoms with Crippen molar-refractivity contribution in [1.29, 1.82) is 0 Å². The standard InChI is InChI=1S/C19H30N2/c20-16-19(21-14-6-1-2-7-15-21)12-10-18(11-13-19)17-8-4-3-5-9-17/h3-5,8-9,18H,1-2,6-7,10-16,20H2. The van der Waals surface area contributed by atoms with E-state index in [1.54, 1.807) is 0 Å². The second-order valence-electron chi connectivity index (χ2n) is 7.01. The molecule has 1 aliphatic carbocycles. The molecule has 0 spiro atoms. The van der Waals surface area contributed by atoms with Crippen LogP contribution in [0.25, 0.3) is 0 Å². The van der Waals surface area contributed by atoms with Gasteiger partial charge in [0.2, 0.25) is 0 Å². The minimum atomic E-state index is 0.301. The first-order valence-corrected chi connectivity index (χ1v) is 8.84. The number of rotatable bonds is 3. The van der Waals surface area contributed by atoms with Crippen LogP contribution in [-0.4, -0.2) is 30.1 Å². The molecule has 2 nitrogen and oxygen atoms in total. The first-order chi connectivity index (χ1) is 10.3. The van der Waals surface area contributed by atoms with Crippen molar-refractivity contribution in [1.82, 2.24) is 4.90 Å². The highest BCUT2D eigenvalue weighted by Crippen LogP contribution is 2.41. The molecule has 2 aliphatic rings. The molecule has 1 saturated heterocycles. The number of benzene rings is 1. The maximum absolute atomic E-state index is 6.26. The van der Waals surface area contributed by atoms with Gasteiger partial charge in [-0.05, 0) is 63.1 Å². The lowest BCUT2D eigenvalue weighted by molar-refractivity contribution is 0.0547. The zero-order chi connectivity index (χ0) is 14.5. The number of hydrogen-bond donors (Lipinski definition) is 1. The molecular weight excluding hydrogens is 256 g/mol. The third-order valence-corrected chi connectivity index (χ3v) is 5.84. The lowest BCUT2D eigenvalue weighted by Crippen LogP contribution is -2.55. The minimum absolute atomic E-state index is 0.301. The van der Waals surface area contributed by atoms with E-state index in [-0.39, 0.29) is 0 Å². The number of nitrogens with zero attached hydrogens (tertiary/aromatic N) is 1. The van der Waals surface area contributed by atoms with Crippen LogP contribution in [0.1, 0.15) is 62.8 Å². The van der Waals surface area contributed by atoms with Crippen molar-refractivity contribution >= 4 is 0 Å². The van der Waals surface area contributed by atoms with Crippen LogP contribution >= 0.6 is 0 Å². The van der Waals surface area contributed by atoms with Crippen molar-refractivity contribution in [3.8, 4) is 0 Å². The highest BCUT2D eigenvalue weighted by Gasteiger charge is 2.39. The van der Waals surface area contributed by atoms with Gasteiger partial charge in [-0.2, -0.15) is 0 Å². The van der Waals surface area contributed by atoms with E-state index in [2.05, 4.69) is 35.2 Å². The minimum Gasteiger partial charge on any atom is -0.329 e. The van der Waals surface area contributed by atoms with E-state index >= 15 is 0 Å². The summed E-state index contributed by atoms with van der Waals surface area (Å²) in [4.78, 5) is 2.75. The molecule has 0 aromatic heterocycles. The summed E-state index contributed by atoms with van der Waals surface area (Å²) in [6.07, 6.45) is 10.7. The summed E-state index contributed by atoms with van der Waals surface area (Å²) in [6.45, 7) is 3.38. The Labute approximate surface area is 129 Å². The molecule has 2 N–H and O–H groups in total. The molecular formula is C19H30N2. The van der Waals surface area contributed by atoms with Crippen LogP contribution in [0, 0.1) is 0 Å². The molecule has 0 amide bonds. The predicted molar refractivity (Wildman–Crippen MR) is 89.5 cm³/mol. The Bertz CT molecular complexity index is 412. The summed E-state index contributed by atoms with van der Waals surface area (Å²) in [6, 6.07) is 11.1. The largest absolute Gasteiger partial charge is 0.329 e. The molecule has 116 valence electrons. The Morgan fingerprint density at radius 1 is 0.952 bits per heavy atom. The van der Waals surface area contributed by atoms with Crippen molar-refractivity contribution in [2.75, 3.05) is 19.6 Å². The van der Waals surface area contributed by atoms with Crippen LogP contribution in [0.15, 0.2) is 30.3 Å². The van der Waals surface area contributed by atoms with Crippen molar-refractivity contribution in [3.63, 3.8) is 0 Å². The summed E-state index contributed by atoms with van der Waals surface area (Å²) in [5.74, 6) is 0.748. The van der Waals surface area contributed by atoms with Gasteiger partial charge < -0.3 is 5.73 Å². The van der Waals surface area contributed by atoms with E-state index < -0.39 is 0 Å². The fourth-order valence-corrected chi connectivity index (χ4v) is 4.41. The van der Waals surface area contributed by atoms with E-state index in [0.29, 0.717) is 5.54 Å². The molecule has 2 heteroatoms. The third kappa shape index (κ3) is 3.32. The molecule has 0 unspecified atom stereocenters. The van der Waals surface area contributed by atoms with Crippen LogP contribution in [-0.2, 0) is 0 Å². The summed E-state index contributed by atoms with van der Waals surface area (Å²) in [7, 11) is 0. The fourth-order valence-electron chi connectivity index (χ4n) is 4.41. The van der Waals surface area contributed by atoms with Gasteiger partial charge in [0, 0.05) is 12.1 Å². The second kappa shape index (κ2) is 6.93. The van der Waals surface area contributed by atoms with Crippen molar-refractivity contribution in [3.05, 3.63) is 35.9 Å². The van der Waals surface area contributed by atoms with Gasteiger partial charge in [0.1, 0.15) is 0 Å². The van der Waals surface area contributed by atoms with Gasteiger partial charge >= 0.3 is 0 Å². The van der Waals surface area contributed by atoms with Gasteiger partial charge in [0.05, 0.1) is 0 Å². The molecule has 0 atom stereocenters. The summed E-state index contributed by atoms with van der Waals surface area (Å²) < 4.78 is 0. The van der Waals surface area contributed by atoms with E-state index in [1.807, 2.05) is 0 Å². The quantitative estimate of drug-likeness (QED) is 0.912.